The number of hydrogen-bond donors (Lipinski definition) is 1. The van der Waals surface area contributed by atoms with Gasteiger partial charge in [0.25, 0.3) is 0 Å². The van der Waals surface area contributed by atoms with Gasteiger partial charge in [0.2, 0.25) is 0 Å². The molecule has 1 unspecified atom stereocenters. The van der Waals surface area contributed by atoms with E-state index in [1.807, 2.05) is 0 Å². The minimum Gasteiger partial charge on any atom is -0.316 e. The molecule has 1 N–H and O–H groups in total. The fourth-order valence-electron chi connectivity index (χ4n) is 3.12. The summed E-state index contributed by atoms with van der Waals surface area (Å²) in [6.07, 6.45) is 11.9. The Balaban J connectivity index is 2.59. The Morgan fingerprint density at radius 1 is 1.35 bits per heavy atom. The summed E-state index contributed by atoms with van der Waals surface area (Å²) in [7, 11) is 0. The molecule has 0 amide bonds. The van der Waals surface area contributed by atoms with E-state index in [1.54, 1.807) is 0 Å². The molecule has 1 heterocycles. The van der Waals surface area contributed by atoms with E-state index in [0.717, 1.165) is 13.1 Å². The molecule has 1 aliphatic heterocycles. The standard InChI is InChI=1S/C15H28N2/c1-4-8-15(9-7-10-16-13-15)14-17(11-5-2)12-6-3/h2,16H,4,6-14H2,1,3H3. The van der Waals surface area contributed by atoms with Gasteiger partial charge in [-0.3, -0.25) is 4.90 Å². The predicted molar refractivity (Wildman–Crippen MR) is 75.0 cm³/mol. The van der Waals surface area contributed by atoms with Crippen molar-refractivity contribution in [1.29, 1.82) is 0 Å². The van der Waals surface area contributed by atoms with Crippen LogP contribution in [0.4, 0.5) is 0 Å². The van der Waals surface area contributed by atoms with E-state index in [9.17, 15) is 0 Å². The number of rotatable bonds is 7. The third kappa shape index (κ3) is 4.69. The number of nitrogens with zero attached hydrogens (tertiary/aromatic N) is 1. The van der Waals surface area contributed by atoms with Crippen molar-refractivity contribution in [2.75, 3.05) is 32.7 Å². The molecular formula is C15H28N2. The van der Waals surface area contributed by atoms with Crippen molar-refractivity contribution in [1.82, 2.24) is 10.2 Å². The molecule has 98 valence electrons. The van der Waals surface area contributed by atoms with Crippen LogP contribution in [0.25, 0.3) is 0 Å². The lowest BCUT2D eigenvalue weighted by Gasteiger charge is -2.41. The van der Waals surface area contributed by atoms with E-state index in [-0.39, 0.29) is 0 Å². The molecule has 2 heteroatoms. The van der Waals surface area contributed by atoms with Crippen LogP contribution >= 0.6 is 0 Å². The highest BCUT2D eigenvalue weighted by Gasteiger charge is 2.32. The monoisotopic (exact) mass is 236 g/mol. The van der Waals surface area contributed by atoms with Gasteiger partial charge in [-0.2, -0.15) is 0 Å². The Morgan fingerprint density at radius 3 is 2.71 bits per heavy atom. The van der Waals surface area contributed by atoms with Crippen LogP contribution in [0.5, 0.6) is 0 Å². The lowest BCUT2D eigenvalue weighted by Crippen LogP contribution is -2.47. The summed E-state index contributed by atoms with van der Waals surface area (Å²) in [5, 5.41) is 3.57. The van der Waals surface area contributed by atoms with Crippen LogP contribution in [0.15, 0.2) is 0 Å². The fraction of sp³-hybridized carbons (Fsp3) is 0.867. The van der Waals surface area contributed by atoms with Crippen LogP contribution in [0, 0.1) is 17.8 Å². The molecule has 0 saturated carbocycles. The zero-order chi connectivity index (χ0) is 12.6. The summed E-state index contributed by atoms with van der Waals surface area (Å²) < 4.78 is 0. The highest BCUT2D eigenvalue weighted by molar-refractivity contribution is 4.93. The molecule has 0 spiro atoms. The molecule has 1 saturated heterocycles. The van der Waals surface area contributed by atoms with Crippen LogP contribution in [0.3, 0.4) is 0 Å². The Hall–Kier alpha value is -0.520. The van der Waals surface area contributed by atoms with E-state index < -0.39 is 0 Å². The molecule has 0 radical (unpaired) electrons. The topological polar surface area (TPSA) is 15.3 Å². The Labute approximate surface area is 107 Å². The third-order valence-corrected chi connectivity index (χ3v) is 3.75. The van der Waals surface area contributed by atoms with Gasteiger partial charge in [-0.25, -0.2) is 0 Å². The molecule has 2 nitrogen and oxygen atoms in total. The molecule has 0 aromatic carbocycles. The summed E-state index contributed by atoms with van der Waals surface area (Å²) in [4.78, 5) is 2.46. The number of hydrogen-bond acceptors (Lipinski definition) is 2. The second-order valence-electron chi connectivity index (χ2n) is 5.45. The van der Waals surface area contributed by atoms with Gasteiger partial charge in [0.15, 0.2) is 0 Å². The zero-order valence-corrected chi connectivity index (χ0v) is 11.6. The molecule has 1 fully saturated rings. The van der Waals surface area contributed by atoms with Crippen molar-refractivity contribution in [3.8, 4) is 12.3 Å². The maximum absolute atomic E-state index is 5.47. The largest absolute Gasteiger partial charge is 0.316 e. The van der Waals surface area contributed by atoms with Crippen molar-refractivity contribution >= 4 is 0 Å². The van der Waals surface area contributed by atoms with E-state index in [1.165, 1.54) is 51.7 Å². The fourth-order valence-corrected chi connectivity index (χ4v) is 3.12. The van der Waals surface area contributed by atoms with E-state index >= 15 is 0 Å². The lowest BCUT2D eigenvalue weighted by molar-refractivity contribution is 0.114. The summed E-state index contributed by atoms with van der Waals surface area (Å²) in [5.74, 6) is 2.81. The smallest absolute Gasteiger partial charge is 0.0599 e. The first kappa shape index (κ1) is 14.5. The molecule has 17 heavy (non-hydrogen) atoms. The van der Waals surface area contributed by atoms with Crippen molar-refractivity contribution in [2.24, 2.45) is 5.41 Å². The minimum atomic E-state index is 0.471. The number of terminal acetylenes is 1. The maximum Gasteiger partial charge on any atom is 0.0599 e. The average Bonchev–Trinajstić information content (AvgIpc) is 2.31. The van der Waals surface area contributed by atoms with Crippen molar-refractivity contribution in [3.63, 3.8) is 0 Å². The van der Waals surface area contributed by atoms with Crippen LogP contribution in [0.1, 0.15) is 46.0 Å². The van der Waals surface area contributed by atoms with Crippen molar-refractivity contribution in [2.45, 2.75) is 46.0 Å². The molecule has 0 aliphatic carbocycles. The molecular weight excluding hydrogens is 208 g/mol. The van der Waals surface area contributed by atoms with Gasteiger partial charge < -0.3 is 5.32 Å². The van der Waals surface area contributed by atoms with Crippen molar-refractivity contribution in [3.05, 3.63) is 0 Å². The molecule has 0 aromatic rings. The number of piperidine rings is 1. The summed E-state index contributed by atoms with van der Waals surface area (Å²) in [6.45, 7) is 10.00. The second kappa shape index (κ2) is 7.74. The molecule has 0 aromatic heterocycles. The van der Waals surface area contributed by atoms with Crippen LogP contribution in [-0.4, -0.2) is 37.6 Å². The predicted octanol–water partition coefficient (Wildman–Crippen LogP) is 2.50. The Morgan fingerprint density at radius 2 is 2.18 bits per heavy atom. The second-order valence-corrected chi connectivity index (χ2v) is 5.45. The first-order valence-corrected chi connectivity index (χ1v) is 7.13. The molecule has 1 atom stereocenters. The maximum atomic E-state index is 5.47. The van der Waals surface area contributed by atoms with E-state index in [2.05, 4.69) is 30.0 Å². The third-order valence-electron chi connectivity index (χ3n) is 3.75. The quantitative estimate of drug-likeness (QED) is 0.683. The summed E-state index contributed by atoms with van der Waals surface area (Å²) in [6, 6.07) is 0. The molecule has 1 rings (SSSR count). The van der Waals surface area contributed by atoms with E-state index in [0.29, 0.717) is 5.41 Å². The number of nitrogens with one attached hydrogen (secondary N) is 1. The van der Waals surface area contributed by atoms with E-state index in [4.69, 9.17) is 6.42 Å². The van der Waals surface area contributed by atoms with Gasteiger partial charge in [-0.05, 0) is 44.2 Å². The average molecular weight is 236 g/mol. The van der Waals surface area contributed by atoms with Gasteiger partial charge in [-0.1, -0.05) is 26.2 Å². The first-order valence-electron chi connectivity index (χ1n) is 7.13. The zero-order valence-electron chi connectivity index (χ0n) is 11.6. The summed E-state index contributed by atoms with van der Waals surface area (Å²) >= 11 is 0. The minimum absolute atomic E-state index is 0.471. The van der Waals surface area contributed by atoms with Gasteiger partial charge in [0, 0.05) is 13.1 Å². The lowest BCUT2D eigenvalue weighted by atomic mass is 9.76. The highest BCUT2D eigenvalue weighted by atomic mass is 15.1. The first-order chi connectivity index (χ1) is 8.26. The van der Waals surface area contributed by atoms with Crippen LogP contribution in [-0.2, 0) is 0 Å². The molecule has 1 aliphatic rings. The van der Waals surface area contributed by atoms with Crippen LogP contribution in [0.2, 0.25) is 0 Å². The Kier molecular flexibility index (Phi) is 6.62. The normalized spacial score (nSPS) is 24.8. The van der Waals surface area contributed by atoms with Gasteiger partial charge in [0.1, 0.15) is 0 Å². The van der Waals surface area contributed by atoms with Crippen LogP contribution < -0.4 is 5.32 Å². The van der Waals surface area contributed by atoms with Gasteiger partial charge in [0.05, 0.1) is 6.54 Å². The summed E-state index contributed by atoms with van der Waals surface area (Å²) in [5.41, 5.74) is 0.471. The van der Waals surface area contributed by atoms with Crippen molar-refractivity contribution < 1.29 is 0 Å². The highest BCUT2D eigenvalue weighted by Crippen LogP contribution is 2.32. The van der Waals surface area contributed by atoms with Gasteiger partial charge in [-0.15, -0.1) is 6.42 Å². The SMILES string of the molecule is C#CCN(CCC)CC1(CCC)CCCNC1. The Bertz CT molecular complexity index is 230. The van der Waals surface area contributed by atoms with Gasteiger partial charge >= 0.3 is 0 Å². The molecule has 0 bridgehead atoms.